The first-order valence-corrected chi connectivity index (χ1v) is 11.4. The van der Waals surface area contributed by atoms with Gasteiger partial charge in [0.15, 0.2) is 5.11 Å². The number of nitrogens with one attached hydrogen (secondary N) is 1. The van der Waals surface area contributed by atoms with Crippen LogP contribution in [0.25, 0.3) is 11.0 Å². The van der Waals surface area contributed by atoms with Gasteiger partial charge >= 0.3 is 0 Å². The molecule has 0 unspecified atom stereocenters. The van der Waals surface area contributed by atoms with Crippen LogP contribution in [-0.2, 0) is 4.74 Å². The van der Waals surface area contributed by atoms with Crippen molar-refractivity contribution < 1.29 is 9.15 Å². The summed E-state index contributed by atoms with van der Waals surface area (Å²) in [5, 5.41) is 5.28. The molecule has 1 aromatic heterocycles. The van der Waals surface area contributed by atoms with Crippen molar-refractivity contribution in [3.05, 3.63) is 65.9 Å². The topological polar surface area (TPSA) is 40.9 Å². The van der Waals surface area contributed by atoms with Gasteiger partial charge in [0.2, 0.25) is 0 Å². The molecule has 1 aliphatic heterocycles. The van der Waals surface area contributed by atoms with E-state index in [-0.39, 0.29) is 6.04 Å². The van der Waals surface area contributed by atoms with Gasteiger partial charge in [-0.1, -0.05) is 30.3 Å². The van der Waals surface area contributed by atoms with Gasteiger partial charge in [0.25, 0.3) is 0 Å². The van der Waals surface area contributed by atoms with Crippen LogP contribution in [-0.4, -0.2) is 54.3 Å². The van der Waals surface area contributed by atoms with Gasteiger partial charge in [-0.3, -0.25) is 4.90 Å². The van der Waals surface area contributed by atoms with Crippen LogP contribution >= 0.6 is 12.2 Å². The lowest BCUT2D eigenvalue weighted by atomic mass is 10.2. The smallest absolute Gasteiger partial charge is 0.174 e. The molecule has 0 spiro atoms. The van der Waals surface area contributed by atoms with E-state index in [2.05, 4.69) is 59.3 Å². The van der Waals surface area contributed by atoms with Crippen molar-refractivity contribution in [3.8, 4) is 0 Å². The highest BCUT2D eigenvalue weighted by molar-refractivity contribution is 7.80. The highest BCUT2D eigenvalue weighted by Gasteiger charge is 2.22. The number of hydrogen-bond donors (Lipinski definition) is 1. The molecule has 1 aliphatic rings. The van der Waals surface area contributed by atoms with Gasteiger partial charge < -0.3 is 19.4 Å². The molecule has 31 heavy (non-hydrogen) atoms. The predicted octanol–water partition coefficient (Wildman–Crippen LogP) is 5.22. The number of thiocarbonyl (C=S) groups is 1. The van der Waals surface area contributed by atoms with Crippen molar-refractivity contribution in [2.75, 3.05) is 44.7 Å². The summed E-state index contributed by atoms with van der Waals surface area (Å²) < 4.78 is 11.6. The lowest BCUT2D eigenvalue weighted by Gasteiger charge is -2.32. The molecule has 5 nitrogen and oxygen atoms in total. The summed E-state index contributed by atoms with van der Waals surface area (Å²) in [6.07, 6.45) is 1.03. The molecule has 0 radical (unpaired) electrons. The molecular formula is C25H31N3O2S. The van der Waals surface area contributed by atoms with Gasteiger partial charge in [0.05, 0.1) is 19.3 Å². The molecule has 1 N–H and O–H groups in total. The highest BCUT2D eigenvalue weighted by atomic mass is 32.1. The van der Waals surface area contributed by atoms with Crippen LogP contribution < -0.4 is 5.32 Å². The molecule has 2 aromatic carbocycles. The second kappa shape index (κ2) is 10.3. The third kappa shape index (κ3) is 5.64. The van der Waals surface area contributed by atoms with Gasteiger partial charge in [-0.2, -0.15) is 0 Å². The second-order valence-corrected chi connectivity index (χ2v) is 8.55. The third-order valence-corrected chi connectivity index (χ3v) is 6.17. The Morgan fingerprint density at radius 3 is 2.71 bits per heavy atom. The zero-order chi connectivity index (χ0) is 21.6. The van der Waals surface area contributed by atoms with E-state index in [4.69, 9.17) is 21.4 Å². The van der Waals surface area contributed by atoms with Crippen molar-refractivity contribution in [2.45, 2.75) is 26.3 Å². The molecule has 0 aliphatic carbocycles. The number of anilines is 1. The number of furan rings is 1. The standard InChI is InChI=1S/C25H31N3O2S/c1-19-7-5-9-22(17-19)26-25(31)28(12-6-11-27-13-15-29-16-14-27)20(2)24-18-21-8-3-4-10-23(21)30-24/h3-5,7-10,17-18,20H,6,11-16H2,1-2H3,(H,26,31)/t20-/m0/s1. The molecule has 0 saturated carbocycles. The Morgan fingerprint density at radius 2 is 1.94 bits per heavy atom. The van der Waals surface area contributed by atoms with E-state index in [9.17, 15) is 0 Å². The summed E-state index contributed by atoms with van der Waals surface area (Å²) in [6, 6.07) is 18.6. The number of morpholine rings is 1. The number of aryl methyl sites for hydroxylation is 1. The lowest BCUT2D eigenvalue weighted by molar-refractivity contribution is 0.0365. The monoisotopic (exact) mass is 437 g/mol. The molecule has 1 atom stereocenters. The maximum Gasteiger partial charge on any atom is 0.174 e. The van der Waals surface area contributed by atoms with E-state index in [1.807, 2.05) is 24.3 Å². The van der Waals surface area contributed by atoms with E-state index in [0.29, 0.717) is 0 Å². The van der Waals surface area contributed by atoms with Crippen LogP contribution in [0.1, 0.15) is 30.7 Å². The third-order valence-electron chi connectivity index (χ3n) is 5.83. The Bertz CT molecular complexity index is 980. The van der Waals surface area contributed by atoms with Gasteiger partial charge in [0.1, 0.15) is 11.3 Å². The van der Waals surface area contributed by atoms with E-state index in [1.54, 1.807) is 0 Å². The Labute approximate surface area is 190 Å². The number of fused-ring (bicyclic) bond motifs is 1. The fourth-order valence-corrected chi connectivity index (χ4v) is 4.41. The fraction of sp³-hybridized carbons (Fsp3) is 0.400. The molecule has 164 valence electrons. The number of ether oxygens (including phenoxy) is 1. The van der Waals surface area contributed by atoms with Crippen LogP contribution in [0.4, 0.5) is 5.69 Å². The largest absolute Gasteiger partial charge is 0.459 e. The maximum absolute atomic E-state index is 6.17. The Morgan fingerprint density at radius 1 is 1.13 bits per heavy atom. The lowest BCUT2D eigenvalue weighted by Crippen LogP contribution is -2.41. The molecule has 6 heteroatoms. The fourth-order valence-electron chi connectivity index (χ4n) is 4.04. The van der Waals surface area contributed by atoms with Gasteiger partial charge in [-0.15, -0.1) is 0 Å². The summed E-state index contributed by atoms with van der Waals surface area (Å²) in [5.41, 5.74) is 3.13. The van der Waals surface area contributed by atoms with Crippen LogP contribution in [0.5, 0.6) is 0 Å². The van der Waals surface area contributed by atoms with Crippen LogP contribution in [0.15, 0.2) is 59.0 Å². The van der Waals surface area contributed by atoms with Crippen molar-refractivity contribution in [1.29, 1.82) is 0 Å². The summed E-state index contributed by atoms with van der Waals surface area (Å²) >= 11 is 5.87. The second-order valence-electron chi connectivity index (χ2n) is 8.16. The van der Waals surface area contributed by atoms with Crippen molar-refractivity contribution >= 4 is 34.0 Å². The molecule has 4 rings (SSSR count). The normalized spacial score (nSPS) is 15.7. The first kappa shape index (κ1) is 21.8. The Kier molecular flexibility index (Phi) is 7.22. The van der Waals surface area contributed by atoms with Crippen molar-refractivity contribution in [3.63, 3.8) is 0 Å². The minimum atomic E-state index is 0.0295. The van der Waals surface area contributed by atoms with Crippen molar-refractivity contribution in [2.24, 2.45) is 0 Å². The first-order valence-electron chi connectivity index (χ1n) is 11.0. The molecular weight excluding hydrogens is 406 g/mol. The predicted molar refractivity (Wildman–Crippen MR) is 131 cm³/mol. The Balaban J connectivity index is 1.49. The minimum absolute atomic E-state index is 0.0295. The summed E-state index contributed by atoms with van der Waals surface area (Å²) in [5.74, 6) is 0.931. The number of rotatable bonds is 7. The summed E-state index contributed by atoms with van der Waals surface area (Å²) in [4.78, 5) is 4.71. The molecule has 1 fully saturated rings. The maximum atomic E-state index is 6.17. The first-order chi connectivity index (χ1) is 15.1. The SMILES string of the molecule is Cc1cccc(NC(=S)N(CCCN2CCOCC2)[C@@H](C)c2cc3ccccc3o2)c1. The zero-order valence-electron chi connectivity index (χ0n) is 18.3. The van der Waals surface area contributed by atoms with Crippen LogP contribution in [0.2, 0.25) is 0 Å². The summed E-state index contributed by atoms with van der Waals surface area (Å²) in [7, 11) is 0. The highest BCUT2D eigenvalue weighted by Crippen LogP contribution is 2.28. The number of benzene rings is 2. The van der Waals surface area contributed by atoms with E-state index >= 15 is 0 Å². The average molecular weight is 438 g/mol. The molecule has 0 bridgehead atoms. The number of hydrogen-bond acceptors (Lipinski definition) is 4. The number of nitrogens with zero attached hydrogens (tertiary/aromatic N) is 2. The molecule has 2 heterocycles. The van der Waals surface area contributed by atoms with Crippen LogP contribution in [0.3, 0.4) is 0 Å². The molecule has 1 saturated heterocycles. The Hall–Kier alpha value is -2.41. The van der Waals surface area contributed by atoms with Crippen LogP contribution in [0, 0.1) is 6.92 Å². The van der Waals surface area contributed by atoms with E-state index in [0.717, 1.165) is 73.3 Å². The van der Waals surface area contributed by atoms with Crippen molar-refractivity contribution in [1.82, 2.24) is 9.80 Å². The van der Waals surface area contributed by atoms with E-state index in [1.165, 1.54) is 5.56 Å². The summed E-state index contributed by atoms with van der Waals surface area (Å²) in [6.45, 7) is 9.81. The average Bonchev–Trinajstić information content (AvgIpc) is 3.21. The zero-order valence-corrected chi connectivity index (χ0v) is 19.2. The minimum Gasteiger partial charge on any atom is -0.459 e. The van der Waals surface area contributed by atoms with Gasteiger partial charge in [-0.25, -0.2) is 0 Å². The van der Waals surface area contributed by atoms with Gasteiger partial charge in [-0.05, 0) is 62.3 Å². The quantitative estimate of drug-likeness (QED) is 0.511. The number of para-hydroxylation sites is 1. The molecule has 3 aromatic rings. The molecule has 0 amide bonds. The van der Waals surface area contributed by atoms with E-state index < -0.39 is 0 Å². The van der Waals surface area contributed by atoms with Gasteiger partial charge in [0, 0.05) is 37.3 Å².